The normalized spacial score (nSPS) is 15.1. The van der Waals surface area contributed by atoms with Gasteiger partial charge in [-0.05, 0) is 36.8 Å². The number of benzene rings is 3. The average Bonchev–Trinajstić information content (AvgIpc) is 3.31. The molecule has 3 aromatic carbocycles. The summed E-state index contributed by atoms with van der Waals surface area (Å²) in [5.74, 6) is -0.552. The summed E-state index contributed by atoms with van der Waals surface area (Å²) in [6.07, 6.45) is -0.547. The lowest BCUT2D eigenvalue weighted by molar-refractivity contribution is -0.119. The number of rotatable bonds is 4. The van der Waals surface area contributed by atoms with Crippen molar-refractivity contribution >= 4 is 44.2 Å². The highest BCUT2D eigenvalue weighted by Crippen LogP contribution is 2.38. The molecule has 5 rings (SSSR count). The van der Waals surface area contributed by atoms with E-state index in [1.165, 1.54) is 11.3 Å². The quantitative estimate of drug-likeness (QED) is 0.410. The summed E-state index contributed by atoms with van der Waals surface area (Å²) in [6.45, 7) is 1.97. The molecule has 6 heteroatoms. The van der Waals surface area contributed by atoms with Gasteiger partial charge in [-0.2, -0.15) is 0 Å². The second-order valence-corrected chi connectivity index (χ2v) is 8.17. The van der Waals surface area contributed by atoms with Crippen LogP contribution in [-0.4, -0.2) is 16.9 Å². The van der Waals surface area contributed by atoms with Gasteiger partial charge in [0.25, 0.3) is 0 Å². The fourth-order valence-electron chi connectivity index (χ4n) is 3.74. The molecule has 5 nitrogen and oxygen atoms in total. The highest BCUT2D eigenvalue weighted by atomic mass is 32.1. The number of hydrogen-bond donors (Lipinski definition) is 0. The van der Waals surface area contributed by atoms with Crippen LogP contribution in [0.4, 0.5) is 10.8 Å². The molecule has 2 heterocycles. The molecule has 4 aromatic rings. The minimum atomic E-state index is -0.595. The highest BCUT2D eigenvalue weighted by Gasteiger charge is 2.34. The zero-order valence-corrected chi connectivity index (χ0v) is 17.1. The van der Waals surface area contributed by atoms with E-state index in [4.69, 9.17) is 9.72 Å². The summed E-state index contributed by atoms with van der Waals surface area (Å²) < 4.78 is 6.52. The number of fused-ring (bicyclic) bond motifs is 2. The molecule has 0 saturated heterocycles. The minimum absolute atomic E-state index is 0.0486. The number of nitrogens with zero attached hydrogens (tertiary/aromatic N) is 2. The van der Waals surface area contributed by atoms with Crippen molar-refractivity contribution in [3.63, 3.8) is 0 Å². The predicted molar refractivity (Wildman–Crippen MR) is 117 cm³/mol. The average molecular weight is 414 g/mol. The zero-order valence-electron chi connectivity index (χ0n) is 16.2. The van der Waals surface area contributed by atoms with Crippen LogP contribution in [0.1, 0.15) is 34.0 Å². The fourth-order valence-corrected chi connectivity index (χ4v) is 4.73. The Balaban J connectivity index is 1.55. The lowest BCUT2D eigenvalue weighted by Crippen LogP contribution is -2.28. The number of hydrogen-bond acceptors (Lipinski definition) is 5. The number of amides is 1. The van der Waals surface area contributed by atoms with Gasteiger partial charge in [0.1, 0.15) is 6.10 Å². The molecule has 0 radical (unpaired) electrons. The Morgan fingerprint density at radius 3 is 2.60 bits per heavy atom. The highest BCUT2D eigenvalue weighted by molar-refractivity contribution is 7.22. The smallest absolute Gasteiger partial charge is 0.339 e. The van der Waals surface area contributed by atoms with Crippen LogP contribution in [0, 0.1) is 6.92 Å². The molecule has 1 aliphatic rings. The Bertz CT molecular complexity index is 1250. The van der Waals surface area contributed by atoms with Gasteiger partial charge in [-0.1, -0.05) is 59.9 Å². The van der Waals surface area contributed by atoms with E-state index in [0.29, 0.717) is 10.7 Å². The van der Waals surface area contributed by atoms with Crippen molar-refractivity contribution in [2.75, 3.05) is 4.90 Å². The van der Waals surface area contributed by atoms with E-state index in [-0.39, 0.29) is 18.3 Å². The Labute approximate surface area is 177 Å². The minimum Gasteiger partial charge on any atom is -0.453 e. The van der Waals surface area contributed by atoms with E-state index in [2.05, 4.69) is 0 Å². The first-order chi connectivity index (χ1) is 14.6. The molecule has 1 amide bonds. The standard InChI is InChI=1S/C24H18N2O3S/c1-15-8-2-6-12-19(15)26(24-25-18-11-5-7-13-21(18)30-24)22(27)14-20-16-9-3-4-10-17(16)23(28)29-20/h2-13,20H,14H2,1H3/t20-/m1/s1. The van der Waals surface area contributed by atoms with E-state index in [1.54, 1.807) is 17.0 Å². The van der Waals surface area contributed by atoms with E-state index >= 15 is 0 Å². The summed E-state index contributed by atoms with van der Waals surface area (Å²) >= 11 is 1.47. The van der Waals surface area contributed by atoms with Gasteiger partial charge in [0, 0.05) is 5.56 Å². The van der Waals surface area contributed by atoms with Crippen molar-refractivity contribution in [2.24, 2.45) is 0 Å². The van der Waals surface area contributed by atoms with Crippen molar-refractivity contribution in [1.82, 2.24) is 4.98 Å². The largest absolute Gasteiger partial charge is 0.453 e. The molecule has 0 N–H and O–H groups in total. The van der Waals surface area contributed by atoms with Crippen LogP contribution in [0.3, 0.4) is 0 Å². The molecule has 1 aliphatic heterocycles. The van der Waals surface area contributed by atoms with E-state index in [0.717, 1.165) is 27.0 Å². The maximum atomic E-state index is 13.5. The van der Waals surface area contributed by atoms with Gasteiger partial charge in [0.2, 0.25) is 5.91 Å². The molecule has 1 aromatic heterocycles. The topological polar surface area (TPSA) is 59.5 Å². The molecule has 148 valence electrons. The second-order valence-electron chi connectivity index (χ2n) is 7.17. The first-order valence-electron chi connectivity index (χ1n) is 9.66. The summed E-state index contributed by atoms with van der Waals surface area (Å²) in [6, 6.07) is 22.8. The number of aryl methyl sites for hydroxylation is 1. The molecular formula is C24H18N2O3S. The molecule has 0 saturated carbocycles. The number of anilines is 2. The number of aromatic nitrogens is 1. The van der Waals surface area contributed by atoms with E-state index < -0.39 is 6.10 Å². The molecule has 0 unspecified atom stereocenters. The second kappa shape index (κ2) is 7.39. The number of para-hydroxylation sites is 2. The van der Waals surface area contributed by atoms with Crippen molar-refractivity contribution in [1.29, 1.82) is 0 Å². The van der Waals surface area contributed by atoms with Crippen LogP contribution in [0.5, 0.6) is 0 Å². The number of cyclic esters (lactones) is 1. The number of carbonyl (C=O) groups is 2. The SMILES string of the molecule is Cc1ccccc1N(C(=O)C[C@H]1OC(=O)c2ccccc21)c1nc2ccccc2s1. The number of carbonyl (C=O) groups excluding carboxylic acids is 2. The van der Waals surface area contributed by atoms with Gasteiger partial charge in [-0.15, -0.1) is 0 Å². The van der Waals surface area contributed by atoms with Crippen LogP contribution in [0.2, 0.25) is 0 Å². The predicted octanol–water partition coefficient (Wildman–Crippen LogP) is 5.57. The molecule has 30 heavy (non-hydrogen) atoms. The monoisotopic (exact) mass is 414 g/mol. The van der Waals surface area contributed by atoms with Crippen molar-refractivity contribution < 1.29 is 14.3 Å². The van der Waals surface area contributed by atoms with Crippen LogP contribution in [-0.2, 0) is 9.53 Å². The fraction of sp³-hybridized carbons (Fsp3) is 0.125. The lowest BCUT2D eigenvalue weighted by Gasteiger charge is -2.23. The third-order valence-electron chi connectivity index (χ3n) is 5.22. The van der Waals surface area contributed by atoms with Gasteiger partial charge in [0.05, 0.1) is 27.9 Å². The Morgan fingerprint density at radius 1 is 1.03 bits per heavy atom. The summed E-state index contributed by atoms with van der Waals surface area (Å²) in [5, 5.41) is 0.605. The summed E-state index contributed by atoms with van der Waals surface area (Å²) in [5.41, 5.74) is 3.87. The zero-order chi connectivity index (χ0) is 20.7. The number of thiazole rings is 1. The summed E-state index contributed by atoms with van der Waals surface area (Å²) in [7, 11) is 0. The molecule has 0 spiro atoms. The van der Waals surface area contributed by atoms with Crippen molar-refractivity contribution in [2.45, 2.75) is 19.4 Å². The lowest BCUT2D eigenvalue weighted by atomic mass is 10.0. The molecule has 0 bridgehead atoms. The number of esters is 1. The van der Waals surface area contributed by atoms with Gasteiger partial charge < -0.3 is 4.74 Å². The molecule has 0 fully saturated rings. The van der Waals surface area contributed by atoms with Crippen molar-refractivity contribution in [3.8, 4) is 0 Å². The van der Waals surface area contributed by atoms with E-state index in [1.807, 2.05) is 67.6 Å². The first-order valence-corrected chi connectivity index (χ1v) is 10.5. The van der Waals surface area contributed by atoms with Crippen molar-refractivity contribution in [3.05, 3.63) is 89.5 Å². The van der Waals surface area contributed by atoms with Crippen LogP contribution >= 0.6 is 11.3 Å². The van der Waals surface area contributed by atoms with Gasteiger partial charge >= 0.3 is 5.97 Å². The van der Waals surface area contributed by atoms with Crippen LogP contribution < -0.4 is 4.90 Å². The van der Waals surface area contributed by atoms with Crippen LogP contribution in [0.15, 0.2) is 72.8 Å². The maximum Gasteiger partial charge on any atom is 0.339 e. The maximum absolute atomic E-state index is 13.5. The third kappa shape index (κ3) is 3.15. The molecular weight excluding hydrogens is 396 g/mol. The van der Waals surface area contributed by atoms with Gasteiger partial charge in [0.15, 0.2) is 5.13 Å². The Kier molecular flexibility index (Phi) is 4.56. The summed E-state index contributed by atoms with van der Waals surface area (Å²) in [4.78, 5) is 32.1. The van der Waals surface area contributed by atoms with Gasteiger partial charge in [-0.25, -0.2) is 9.78 Å². The van der Waals surface area contributed by atoms with Gasteiger partial charge in [-0.3, -0.25) is 9.69 Å². The molecule has 1 atom stereocenters. The Hall–Kier alpha value is -3.51. The Morgan fingerprint density at radius 2 is 1.77 bits per heavy atom. The number of ether oxygens (including phenoxy) is 1. The van der Waals surface area contributed by atoms with E-state index in [9.17, 15) is 9.59 Å². The first kappa shape index (κ1) is 18.5. The third-order valence-corrected chi connectivity index (χ3v) is 6.24. The molecule has 0 aliphatic carbocycles. The van der Waals surface area contributed by atoms with Crippen LogP contribution in [0.25, 0.3) is 10.2 Å².